The third-order valence-corrected chi connectivity index (χ3v) is 7.61. The number of anilines is 2. The molecule has 1 aliphatic heterocycles. The van der Waals surface area contributed by atoms with Crippen LogP contribution in [-0.4, -0.2) is 92.2 Å². The number of aromatic nitrogens is 3. The molecule has 0 aliphatic carbocycles. The van der Waals surface area contributed by atoms with E-state index in [4.69, 9.17) is 31.3 Å². The molecule has 1 aliphatic rings. The van der Waals surface area contributed by atoms with Crippen molar-refractivity contribution in [3.63, 3.8) is 0 Å². The fourth-order valence-electron chi connectivity index (χ4n) is 4.21. The Balaban J connectivity index is 1.45. The molecule has 2 unspecified atom stereocenters. The summed E-state index contributed by atoms with van der Waals surface area (Å²) in [7, 11) is -5.02. The summed E-state index contributed by atoms with van der Waals surface area (Å²) in [5.74, 6) is -2.87. The molecule has 3 heterocycles. The molecule has 1 aromatic carbocycles. The van der Waals surface area contributed by atoms with Gasteiger partial charge in [0.25, 0.3) is 17.9 Å². The number of carboxylic acid groups (broad SMARTS) is 1. The van der Waals surface area contributed by atoms with Gasteiger partial charge in [0.2, 0.25) is 0 Å². The van der Waals surface area contributed by atoms with Crippen molar-refractivity contribution in [3.05, 3.63) is 41.5 Å². The number of aliphatic carboxylic acids is 1. The molecule has 2 aromatic heterocycles. The van der Waals surface area contributed by atoms with E-state index < -0.39 is 58.2 Å². The summed E-state index contributed by atoms with van der Waals surface area (Å²) in [5, 5.41) is 21.8. The number of ether oxygens (including phenoxy) is 1. The Kier molecular flexibility index (Phi) is 10.1. The second kappa shape index (κ2) is 13.7. The largest absolute Gasteiger partial charge is 0.489 e. The number of aryl methyl sites for hydroxylation is 1. The van der Waals surface area contributed by atoms with Gasteiger partial charge in [-0.15, -0.1) is 15.6 Å². The number of benzene rings is 1. The zero-order valence-electron chi connectivity index (χ0n) is 24.4. The number of hydrogen-bond acceptors (Lipinski definition) is 15. The highest BCUT2D eigenvalue weighted by molar-refractivity contribution is 7.80. The fourth-order valence-corrected chi connectivity index (χ4v) is 5.21. The predicted octanol–water partition coefficient (Wildman–Crippen LogP) is -0.387. The van der Waals surface area contributed by atoms with Crippen LogP contribution in [0.1, 0.15) is 26.0 Å². The van der Waals surface area contributed by atoms with Gasteiger partial charge >= 0.3 is 16.4 Å². The lowest BCUT2D eigenvalue weighted by molar-refractivity contribution is -0.218. The Morgan fingerprint density at radius 3 is 2.50 bits per heavy atom. The van der Waals surface area contributed by atoms with Gasteiger partial charge in [-0.05, 0) is 44.5 Å². The van der Waals surface area contributed by atoms with E-state index in [1.807, 2.05) is 0 Å². The monoisotopic (exact) mass is 681 g/mol. The average molecular weight is 682 g/mol. The van der Waals surface area contributed by atoms with Crippen LogP contribution >= 0.6 is 11.3 Å². The van der Waals surface area contributed by atoms with E-state index >= 15 is 0 Å². The Morgan fingerprint density at radius 1 is 1.24 bits per heavy atom. The van der Waals surface area contributed by atoms with Crippen LogP contribution in [0, 0.1) is 0 Å². The number of nitrogens with two attached hydrogens (primary N) is 3. The lowest BCUT2D eigenvalue weighted by Crippen LogP contribution is -2.76. The Labute approximate surface area is 265 Å². The number of amides is 2. The number of nitrogen functional groups attached to an aromatic ring is 2. The van der Waals surface area contributed by atoms with Gasteiger partial charge in [0.15, 0.2) is 16.7 Å². The van der Waals surface area contributed by atoms with Crippen molar-refractivity contribution in [1.82, 2.24) is 25.1 Å². The predicted molar refractivity (Wildman–Crippen MR) is 162 cm³/mol. The standard InChI is InChI=1S/C25H31N9O10S2/c1-25(2)19(22(36)34(25)44-46(39,40)41)30-21(35)18(16-12-45-24(28)29-16)32-43-17(23(37)38)11-42-14-6-4-13(5-7-14)15-10-33(9-3-8-26)31-20(15)27/h4-7,10,12,17,19H,3,8-9,11,26H2,1-2H3,(H2,27,31)(H2,28,29)(H,30,35)(H,37,38)(H,39,40,41). The number of hydroxylamine groups is 2. The van der Waals surface area contributed by atoms with Gasteiger partial charge in [-0.2, -0.15) is 18.6 Å². The molecule has 248 valence electrons. The van der Waals surface area contributed by atoms with Gasteiger partial charge < -0.3 is 37.2 Å². The van der Waals surface area contributed by atoms with Gasteiger partial charge in [-0.1, -0.05) is 17.3 Å². The highest BCUT2D eigenvalue weighted by Gasteiger charge is 2.58. The highest BCUT2D eigenvalue weighted by atomic mass is 32.3. The third-order valence-electron chi connectivity index (χ3n) is 6.60. The lowest BCUT2D eigenvalue weighted by Gasteiger charge is -2.50. The first-order valence-electron chi connectivity index (χ1n) is 13.4. The van der Waals surface area contributed by atoms with Crippen molar-refractivity contribution in [3.8, 4) is 16.9 Å². The topological polar surface area (TPSA) is 290 Å². The minimum Gasteiger partial charge on any atom is -0.489 e. The molecule has 46 heavy (non-hydrogen) atoms. The van der Waals surface area contributed by atoms with Crippen LogP contribution in [0.15, 0.2) is 41.0 Å². The number of nitrogens with one attached hydrogen (secondary N) is 1. The summed E-state index contributed by atoms with van der Waals surface area (Å²) in [5.41, 5.74) is 16.7. The number of carbonyl (C=O) groups excluding carboxylic acids is 2. The lowest BCUT2D eigenvalue weighted by atomic mass is 9.84. The van der Waals surface area contributed by atoms with Crippen LogP contribution < -0.4 is 27.3 Å². The van der Waals surface area contributed by atoms with Crippen molar-refractivity contribution in [2.24, 2.45) is 10.9 Å². The number of β-lactam (4-membered cyclic amide) rings is 1. The van der Waals surface area contributed by atoms with Crippen LogP contribution in [0.4, 0.5) is 10.9 Å². The van der Waals surface area contributed by atoms with Gasteiger partial charge in [-0.3, -0.25) is 18.8 Å². The molecule has 2 amide bonds. The Bertz CT molecular complexity index is 1740. The van der Waals surface area contributed by atoms with Gasteiger partial charge in [0.1, 0.15) is 24.1 Å². The first kappa shape index (κ1) is 34.1. The molecule has 2 atom stereocenters. The summed E-state index contributed by atoms with van der Waals surface area (Å²) >= 11 is 0.950. The number of thiazole rings is 1. The van der Waals surface area contributed by atoms with E-state index in [1.165, 1.54) is 19.2 Å². The molecule has 0 bridgehead atoms. The zero-order valence-corrected chi connectivity index (χ0v) is 26.0. The fraction of sp³-hybridized carbons (Fsp3) is 0.360. The number of oxime groups is 1. The van der Waals surface area contributed by atoms with Crippen molar-refractivity contribution in [1.29, 1.82) is 0 Å². The molecular weight excluding hydrogens is 650 g/mol. The number of carboxylic acids is 1. The van der Waals surface area contributed by atoms with Gasteiger partial charge in [0.05, 0.1) is 5.54 Å². The molecule has 3 aromatic rings. The molecule has 9 N–H and O–H groups in total. The van der Waals surface area contributed by atoms with Crippen molar-refractivity contribution in [2.75, 3.05) is 24.6 Å². The SMILES string of the molecule is CC1(C)C(NC(=O)C(=NOC(COc2ccc(-c3cn(CCCN)nc3N)cc2)C(=O)O)c2csc(N)n2)C(=O)N1OS(=O)(=O)O. The normalized spacial score (nSPS) is 16.9. The van der Waals surface area contributed by atoms with Gasteiger partial charge in [0, 0.05) is 23.7 Å². The minimum atomic E-state index is -5.02. The van der Waals surface area contributed by atoms with Crippen LogP contribution in [0.5, 0.6) is 5.75 Å². The number of nitrogens with zero attached hydrogens (tertiary/aromatic N) is 5. The van der Waals surface area contributed by atoms with E-state index in [2.05, 4.69) is 24.8 Å². The van der Waals surface area contributed by atoms with E-state index in [-0.39, 0.29) is 10.8 Å². The third kappa shape index (κ3) is 7.87. The molecule has 4 rings (SSSR count). The molecule has 0 radical (unpaired) electrons. The number of hydrogen-bond donors (Lipinski definition) is 6. The van der Waals surface area contributed by atoms with Crippen LogP contribution in [-0.2, 0) is 40.4 Å². The van der Waals surface area contributed by atoms with Crippen LogP contribution in [0.2, 0.25) is 0 Å². The van der Waals surface area contributed by atoms with E-state index in [0.717, 1.165) is 23.3 Å². The average Bonchev–Trinajstić information content (AvgIpc) is 3.59. The summed E-state index contributed by atoms with van der Waals surface area (Å²) in [6, 6.07) is 5.28. The molecule has 1 fully saturated rings. The Hall–Kier alpha value is -4.83. The summed E-state index contributed by atoms with van der Waals surface area (Å²) in [6.07, 6.45) is 0.831. The zero-order chi connectivity index (χ0) is 33.8. The summed E-state index contributed by atoms with van der Waals surface area (Å²) < 4.78 is 42.7. The van der Waals surface area contributed by atoms with E-state index in [9.17, 15) is 27.9 Å². The summed E-state index contributed by atoms with van der Waals surface area (Å²) in [4.78, 5) is 46.8. The maximum absolute atomic E-state index is 13.2. The van der Waals surface area contributed by atoms with E-state index in [1.54, 1.807) is 35.1 Å². The van der Waals surface area contributed by atoms with E-state index in [0.29, 0.717) is 35.3 Å². The van der Waals surface area contributed by atoms with Crippen molar-refractivity contribution < 1.29 is 46.3 Å². The van der Waals surface area contributed by atoms with Gasteiger partial charge in [-0.25, -0.2) is 9.78 Å². The molecule has 19 nitrogen and oxygen atoms in total. The first-order valence-corrected chi connectivity index (χ1v) is 15.6. The number of carbonyl (C=O) groups is 3. The molecule has 1 saturated heterocycles. The molecule has 21 heteroatoms. The minimum absolute atomic E-state index is 0.0505. The molecule has 0 spiro atoms. The second-order valence-electron chi connectivity index (χ2n) is 10.3. The Morgan fingerprint density at radius 2 is 1.93 bits per heavy atom. The smallest absolute Gasteiger partial charge is 0.418 e. The van der Waals surface area contributed by atoms with Crippen LogP contribution in [0.3, 0.4) is 0 Å². The molecular formula is C25H31N9O10S2. The highest BCUT2D eigenvalue weighted by Crippen LogP contribution is 2.33. The van der Waals surface area contributed by atoms with Crippen molar-refractivity contribution in [2.45, 2.75) is 44.5 Å². The van der Waals surface area contributed by atoms with Crippen LogP contribution in [0.25, 0.3) is 11.1 Å². The summed E-state index contributed by atoms with van der Waals surface area (Å²) in [6.45, 7) is 3.31. The maximum atomic E-state index is 13.2. The second-order valence-corrected chi connectivity index (χ2v) is 12.2. The quantitative estimate of drug-likeness (QED) is 0.0515. The first-order chi connectivity index (χ1) is 21.6. The van der Waals surface area contributed by atoms with Crippen molar-refractivity contribution >= 4 is 56.2 Å². The maximum Gasteiger partial charge on any atom is 0.418 e. The number of rotatable bonds is 15. The molecule has 0 saturated carbocycles.